The van der Waals surface area contributed by atoms with Gasteiger partial charge in [0.05, 0.1) is 24.6 Å². The van der Waals surface area contributed by atoms with Gasteiger partial charge in [-0.25, -0.2) is 9.78 Å². The van der Waals surface area contributed by atoms with Crippen molar-refractivity contribution in [1.29, 1.82) is 0 Å². The molecule has 1 aliphatic heterocycles. The first kappa shape index (κ1) is 12.6. The maximum absolute atomic E-state index is 11.2. The van der Waals surface area contributed by atoms with Crippen LogP contribution >= 0.6 is 0 Å². The number of carboxylic acids is 1. The zero-order valence-corrected chi connectivity index (χ0v) is 10.3. The van der Waals surface area contributed by atoms with Crippen LogP contribution in [0.3, 0.4) is 0 Å². The lowest BCUT2D eigenvalue weighted by Gasteiger charge is -2.33. The molecule has 1 aromatic rings. The van der Waals surface area contributed by atoms with Gasteiger partial charge in [0.25, 0.3) is 0 Å². The highest BCUT2D eigenvalue weighted by Gasteiger charge is 2.24. The summed E-state index contributed by atoms with van der Waals surface area (Å²) in [6.45, 7) is 3.94. The number of carbonyl (C=O) groups is 1. The Morgan fingerprint density at radius 1 is 1.72 bits per heavy atom. The second kappa shape index (κ2) is 5.22. The fraction of sp³-hybridized carbons (Fsp3) is 0.500. The van der Waals surface area contributed by atoms with E-state index in [1.54, 1.807) is 0 Å². The van der Waals surface area contributed by atoms with Crippen LogP contribution in [0.4, 0.5) is 11.5 Å². The number of hydrogen-bond donors (Lipinski definition) is 2. The number of ether oxygens (including phenoxy) is 1. The van der Waals surface area contributed by atoms with Gasteiger partial charge < -0.3 is 20.5 Å². The van der Waals surface area contributed by atoms with E-state index in [4.69, 9.17) is 10.5 Å². The fourth-order valence-corrected chi connectivity index (χ4v) is 2.04. The largest absolute Gasteiger partial charge is 0.478 e. The van der Waals surface area contributed by atoms with Crippen LogP contribution in [0.1, 0.15) is 23.7 Å². The molecule has 98 valence electrons. The molecule has 0 radical (unpaired) electrons. The maximum Gasteiger partial charge on any atom is 0.339 e. The van der Waals surface area contributed by atoms with Crippen molar-refractivity contribution in [2.24, 2.45) is 0 Å². The predicted molar refractivity (Wildman–Crippen MR) is 67.9 cm³/mol. The molecule has 2 rings (SSSR count). The van der Waals surface area contributed by atoms with Crippen molar-refractivity contribution in [2.45, 2.75) is 19.4 Å². The number of nitrogens with zero attached hydrogens (tertiary/aromatic N) is 2. The minimum absolute atomic E-state index is 0.125. The van der Waals surface area contributed by atoms with Crippen molar-refractivity contribution >= 4 is 17.5 Å². The molecule has 0 spiro atoms. The van der Waals surface area contributed by atoms with E-state index in [0.29, 0.717) is 31.2 Å². The minimum atomic E-state index is -1.01. The third kappa shape index (κ3) is 2.53. The summed E-state index contributed by atoms with van der Waals surface area (Å²) in [4.78, 5) is 17.3. The van der Waals surface area contributed by atoms with Gasteiger partial charge in [-0.3, -0.25) is 0 Å². The lowest BCUT2D eigenvalue weighted by Crippen LogP contribution is -2.43. The van der Waals surface area contributed by atoms with Crippen LogP contribution in [0, 0.1) is 0 Å². The summed E-state index contributed by atoms with van der Waals surface area (Å²) in [5.41, 5.74) is 6.08. The fourth-order valence-electron chi connectivity index (χ4n) is 2.04. The standard InChI is InChI=1S/C12H17N3O3/c1-2-9-7-15(3-4-18-9)11-10(12(16)17)5-8(13)6-14-11/h5-6,9H,2-4,7,13H2,1H3,(H,16,17). The third-order valence-electron chi connectivity index (χ3n) is 3.01. The molecule has 1 fully saturated rings. The quantitative estimate of drug-likeness (QED) is 0.832. The number of carboxylic acid groups (broad SMARTS) is 1. The average Bonchev–Trinajstić information content (AvgIpc) is 2.38. The second-order valence-electron chi connectivity index (χ2n) is 4.29. The number of nitrogens with two attached hydrogens (primary N) is 1. The van der Waals surface area contributed by atoms with Crippen LogP contribution in [0.25, 0.3) is 0 Å². The van der Waals surface area contributed by atoms with E-state index in [2.05, 4.69) is 4.98 Å². The van der Waals surface area contributed by atoms with Crippen LogP contribution in [0.5, 0.6) is 0 Å². The van der Waals surface area contributed by atoms with Crippen LogP contribution in [-0.2, 0) is 4.74 Å². The van der Waals surface area contributed by atoms with Crippen molar-refractivity contribution in [2.75, 3.05) is 30.3 Å². The number of pyridine rings is 1. The number of aromatic nitrogens is 1. The number of hydrogen-bond acceptors (Lipinski definition) is 5. The van der Waals surface area contributed by atoms with Crippen LogP contribution in [-0.4, -0.2) is 41.9 Å². The minimum Gasteiger partial charge on any atom is -0.478 e. The number of morpholine rings is 1. The first-order chi connectivity index (χ1) is 8.61. The summed E-state index contributed by atoms with van der Waals surface area (Å²) in [6.07, 6.45) is 2.51. The molecule has 6 nitrogen and oxygen atoms in total. The highest BCUT2D eigenvalue weighted by molar-refractivity contribution is 5.94. The van der Waals surface area contributed by atoms with Crippen molar-refractivity contribution in [3.8, 4) is 0 Å². The number of anilines is 2. The molecule has 1 unspecified atom stereocenters. The average molecular weight is 251 g/mol. The van der Waals surface area contributed by atoms with Gasteiger partial charge in [0, 0.05) is 13.1 Å². The van der Waals surface area contributed by atoms with Crippen molar-refractivity contribution < 1.29 is 14.6 Å². The maximum atomic E-state index is 11.2. The zero-order chi connectivity index (χ0) is 13.1. The number of aromatic carboxylic acids is 1. The van der Waals surface area contributed by atoms with E-state index >= 15 is 0 Å². The molecule has 1 atom stereocenters. The molecule has 0 aliphatic carbocycles. The highest BCUT2D eigenvalue weighted by atomic mass is 16.5. The summed E-state index contributed by atoms with van der Waals surface area (Å²) in [6, 6.07) is 1.45. The Kier molecular flexibility index (Phi) is 3.66. The van der Waals surface area contributed by atoms with E-state index in [0.717, 1.165) is 6.42 Å². The molecule has 0 saturated carbocycles. The normalized spacial score (nSPS) is 19.8. The van der Waals surface area contributed by atoms with Crippen molar-refractivity contribution in [3.63, 3.8) is 0 Å². The molecule has 1 aromatic heterocycles. The van der Waals surface area contributed by atoms with E-state index < -0.39 is 5.97 Å². The van der Waals surface area contributed by atoms with Gasteiger partial charge in [-0.05, 0) is 12.5 Å². The SMILES string of the molecule is CCC1CN(c2ncc(N)cc2C(=O)O)CCO1. The van der Waals surface area contributed by atoms with Crippen LogP contribution in [0.15, 0.2) is 12.3 Å². The van der Waals surface area contributed by atoms with Gasteiger partial charge in [-0.15, -0.1) is 0 Å². The lowest BCUT2D eigenvalue weighted by molar-refractivity contribution is 0.0379. The topological polar surface area (TPSA) is 88.7 Å². The van der Waals surface area contributed by atoms with Gasteiger partial charge in [0.15, 0.2) is 0 Å². The van der Waals surface area contributed by atoms with Gasteiger partial charge in [0.2, 0.25) is 0 Å². The van der Waals surface area contributed by atoms with Crippen molar-refractivity contribution in [3.05, 3.63) is 17.8 Å². The van der Waals surface area contributed by atoms with Crippen LogP contribution in [0.2, 0.25) is 0 Å². The highest BCUT2D eigenvalue weighted by Crippen LogP contribution is 2.22. The predicted octanol–water partition coefficient (Wildman–Crippen LogP) is 0.977. The van der Waals surface area contributed by atoms with E-state index in [1.165, 1.54) is 12.3 Å². The molecule has 3 N–H and O–H groups in total. The summed E-state index contributed by atoms with van der Waals surface area (Å²) < 4.78 is 5.56. The molecule has 1 aliphatic rings. The Balaban J connectivity index is 2.29. The first-order valence-corrected chi connectivity index (χ1v) is 5.97. The Labute approximate surface area is 105 Å². The summed E-state index contributed by atoms with van der Waals surface area (Å²) in [7, 11) is 0. The summed E-state index contributed by atoms with van der Waals surface area (Å²) in [5.74, 6) is -0.539. The molecule has 18 heavy (non-hydrogen) atoms. The third-order valence-corrected chi connectivity index (χ3v) is 3.01. The molecular weight excluding hydrogens is 234 g/mol. The van der Waals surface area contributed by atoms with Gasteiger partial charge >= 0.3 is 5.97 Å². The Hall–Kier alpha value is -1.82. The van der Waals surface area contributed by atoms with Crippen molar-refractivity contribution in [1.82, 2.24) is 4.98 Å². The Bertz CT molecular complexity index is 450. The van der Waals surface area contributed by atoms with E-state index in [-0.39, 0.29) is 11.7 Å². The van der Waals surface area contributed by atoms with Gasteiger partial charge in [-0.1, -0.05) is 6.92 Å². The molecular formula is C12H17N3O3. The first-order valence-electron chi connectivity index (χ1n) is 5.97. The monoisotopic (exact) mass is 251 g/mol. The number of rotatable bonds is 3. The molecule has 0 amide bonds. The molecule has 0 bridgehead atoms. The molecule has 6 heteroatoms. The Morgan fingerprint density at radius 2 is 2.50 bits per heavy atom. The smallest absolute Gasteiger partial charge is 0.339 e. The van der Waals surface area contributed by atoms with E-state index in [9.17, 15) is 9.90 Å². The second-order valence-corrected chi connectivity index (χ2v) is 4.29. The molecule has 2 heterocycles. The number of nitrogen functional groups attached to an aromatic ring is 1. The summed E-state index contributed by atoms with van der Waals surface area (Å²) in [5, 5.41) is 9.19. The molecule has 1 saturated heterocycles. The van der Waals surface area contributed by atoms with Gasteiger partial charge in [-0.2, -0.15) is 0 Å². The lowest BCUT2D eigenvalue weighted by atomic mass is 10.2. The summed E-state index contributed by atoms with van der Waals surface area (Å²) >= 11 is 0. The van der Waals surface area contributed by atoms with Gasteiger partial charge in [0.1, 0.15) is 11.4 Å². The van der Waals surface area contributed by atoms with Crippen LogP contribution < -0.4 is 10.6 Å². The van der Waals surface area contributed by atoms with E-state index in [1.807, 2.05) is 11.8 Å². The Morgan fingerprint density at radius 3 is 3.17 bits per heavy atom. The molecule has 0 aromatic carbocycles. The zero-order valence-electron chi connectivity index (χ0n) is 10.3.